The molecular formula is C15H12F3NO. The standard InChI is InChI=1S/C15H12F3NO/c1-10-8-11(15(16,17)18)5-6-13(10)14(20)9-12-4-2-3-7-19-12/h2-8H,9H2,1H3. The van der Waals surface area contributed by atoms with Crippen molar-refractivity contribution >= 4 is 5.78 Å². The van der Waals surface area contributed by atoms with E-state index >= 15 is 0 Å². The second kappa shape index (κ2) is 5.45. The summed E-state index contributed by atoms with van der Waals surface area (Å²) in [5.74, 6) is -0.241. The monoisotopic (exact) mass is 279 g/mol. The molecule has 0 radical (unpaired) electrons. The molecule has 2 nitrogen and oxygen atoms in total. The van der Waals surface area contributed by atoms with Gasteiger partial charge in [-0.1, -0.05) is 12.1 Å². The molecule has 0 aliphatic carbocycles. The van der Waals surface area contributed by atoms with Crippen molar-refractivity contribution in [3.05, 3.63) is 65.0 Å². The van der Waals surface area contributed by atoms with Gasteiger partial charge in [-0.25, -0.2) is 0 Å². The van der Waals surface area contributed by atoms with Crippen LogP contribution in [0.1, 0.15) is 27.2 Å². The molecule has 2 aromatic rings. The molecule has 0 bridgehead atoms. The van der Waals surface area contributed by atoms with Crippen LogP contribution in [0.3, 0.4) is 0 Å². The second-order valence-corrected chi connectivity index (χ2v) is 4.45. The van der Waals surface area contributed by atoms with E-state index in [0.717, 1.165) is 12.1 Å². The Bertz CT molecular complexity index is 621. The highest BCUT2D eigenvalue weighted by atomic mass is 19.4. The van der Waals surface area contributed by atoms with E-state index in [1.807, 2.05) is 0 Å². The molecule has 0 saturated heterocycles. The number of benzene rings is 1. The van der Waals surface area contributed by atoms with Crippen LogP contribution < -0.4 is 0 Å². The van der Waals surface area contributed by atoms with Crippen molar-refractivity contribution in [1.29, 1.82) is 0 Å². The molecule has 0 unspecified atom stereocenters. The van der Waals surface area contributed by atoms with Crippen LogP contribution >= 0.6 is 0 Å². The number of hydrogen-bond donors (Lipinski definition) is 0. The minimum absolute atomic E-state index is 0.0764. The minimum atomic E-state index is -4.40. The maximum atomic E-state index is 12.6. The van der Waals surface area contributed by atoms with E-state index < -0.39 is 11.7 Å². The van der Waals surface area contributed by atoms with Crippen LogP contribution in [0, 0.1) is 6.92 Å². The van der Waals surface area contributed by atoms with Crippen molar-refractivity contribution < 1.29 is 18.0 Å². The van der Waals surface area contributed by atoms with Gasteiger partial charge in [0.2, 0.25) is 0 Å². The summed E-state index contributed by atoms with van der Waals surface area (Å²) >= 11 is 0. The Morgan fingerprint density at radius 1 is 1.20 bits per heavy atom. The number of carbonyl (C=O) groups excluding carboxylic acids is 1. The van der Waals surface area contributed by atoms with Crippen molar-refractivity contribution in [2.24, 2.45) is 0 Å². The predicted octanol–water partition coefficient (Wildman–Crippen LogP) is 3.83. The van der Waals surface area contributed by atoms with E-state index in [-0.39, 0.29) is 12.2 Å². The lowest BCUT2D eigenvalue weighted by Gasteiger charge is -2.10. The Balaban J connectivity index is 2.23. The number of pyridine rings is 1. The van der Waals surface area contributed by atoms with Gasteiger partial charge in [0.25, 0.3) is 0 Å². The summed E-state index contributed by atoms with van der Waals surface area (Å²) < 4.78 is 37.7. The lowest BCUT2D eigenvalue weighted by molar-refractivity contribution is -0.137. The van der Waals surface area contributed by atoms with Crippen LogP contribution in [-0.2, 0) is 12.6 Å². The molecule has 0 aliphatic rings. The summed E-state index contributed by atoms with van der Waals surface area (Å²) in [5.41, 5.74) is 0.464. The van der Waals surface area contributed by atoms with Crippen LogP contribution in [0.4, 0.5) is 13.2 Å². The third kappa shape index (κ3) is 3.23. The molecule has 0 aliphatic heterocycles. The van der Waals surface area contributed by atoms with Gasteiger partial charge in [-0.15, -0.1) is 0 Å². The van der Waals surface area contributed by atoms with E-state index in [4.69, 9.17) is 0 Å². The van der Waals surface area contributed by atoms with Gasteiger partial charge in [-0.2, -0.15) is 13.2 Å². The maximum Gasteiger partial charge on any atom is 0.416 e. The van der Waals surface area contributed by atoms with Gasteiger partial charge in [0.15, 0.2) is 5.78 Å². The second-order valence-electron chi connectivity index (χ2n) is 4.45. The molecule has 1 aromatic carbocycles. The van der Waals surface area contributed by atoms with Gasteiger partial charge >= 0.3 is 6.18 Å². The fourth-order valence-electron chi connectivity index (χ4n) is 1.92. The minimum Gasteiger partial charge on any atom is -0.294 e. The van der Waals surface area contributed by atoms with Crippen LogP contribution in [0.15, 0.2) is 42.6 Å². The Labute approximate surface area is 114 Å². The number of Topliss-reactive ketones (excluding diaryl/α,β-unsaturated/α-hetero) is 1. The van der Waals surface area contributed by atoms with E-state index in [2.05, 4.69) is 4.98 Å². The van der Waals surface area contributed by atoms with Crippen molar-refractivity contribution in [1.82, 2.24) is 4.98 Å². The zero-order valence-electron chi connectivity index (χ0n) is 10.7. The summed E-state index contributed by atoms with van der Waals surface area (Å²) in [5, 5.41) is 0. The number of nitrogens with zero attached hydrogens (tertiary/aromatic N) is 1. The fraction of sp³-hybridized carbons (Fsp3) is 0.200. The SMILES string of the molecule is Cc1cc(C(F)(F)F)ccc1C(=O)Cc1ccccn1. The molecule has 0 amide bonds. The first kappa shape index (κ1) is 14.2. The number of aromatic nitrogens is 1. The van der Waals surface area contributed by atoms with Crippen LogP contribution in [0.2, 0.25) is 0 Å². The van der Waals surface area contributed by atoms with E-state index in [0.29, 0.717) is 16.8 Å². The fourth-order valence-corrected chi connectivity index (χ4v) is 1.92. The zero-order valence-corrected chi connectivity index (χ0v) is 10.7. The summed E-state index contributed by atoms with van der Waals surface area (Å²) in [7, 11) is 0. The van der Waals surface area contributed by atoms with Gasteiger partial charge in [0.1, 0.15) is 0 Å². The number of hydrogen-bond acceptors (Lipinski definition) is 2. The molecule has 0 fully saturated rings. The number of carbonyl (C=O) groups is 1. The summed E-state index contributed by atoms with van der Waals surface area (Å²) in [4.78, 5) is 16.1. The average molecular weight is 279 g/mol. The van der Waals surface area contributed by atoms with Crippen molar-refractivity contribution in [3.8, 4) is 0 Å². The molecule has 5 heteroatoms. The van der Waals surface area contributed by atoms with Crippen molar-refractivity contribution in [2.75, 3.05) is 0 Å². The van der Waals surface area contributed by atoms with E-state index in [1.54, 1.807) is 24.4 Å². The molecule has 0 N–H and O–H groups in total. The predicted molar refractivity (Wildman–Crippen MR) is 68.5 cm³/mol. The zero-order chi connectivity index (χ0) is 14.8. The van der Waals surface area contributed by atoms with Crippen LogP contribution in [0.5, 0.6) is 0 Å². The molecule has 0 saturated carbocycles. The maximum absolute atomic E-state index is 12.6. The van der Waals surface area contributed by atoms with Gasteiger partial charge in [0, 0.05) is 17.5 Å². The lowest BCUT2D eigenvalue weighted by Crippen LogP contribution is -2.10. The van der Waals surface area contributed by atoms with Crippen molar-refractivity contribution in [2.45, 2.75) is 19.5 Å². The van der Waals surface area contributed by atoms with E-state index in [9.17, 15) is 18.0 Å². The largest absolute Gasteiger partial charge is 0.416 e. The normalized spacial score (nSPS) is 11.4. The number of rotatable bonds is 3. The lowest BCUT2D eigenvalue weighted by atomic mass is 9.99. The number of halogens is 3. The van der Waals surface area contributed by atoms with Gasteiger partial charge < -0.3 is 0 Å². The number of aryl methyl sites for hydroxylation is 1. The highest BCUT2D eigenvalue weighted by Gasteiger charge is 2.30. The molecule has 0 spiro atoms. The molecular weight excluding hydrogens is 267 g/mol. The van der Waals surface area contributed by atoms with Crippen LogP contribution in [-0.4, -0.2) is 10.8 Å². The molecule has 1 aromatic heterocycles. The van der Waals surface area contributed by atoms with Gasteiger partial charge in [-0.05, 0) is 36.8 Å². The van der Waals surface area contributed by atoms with E-state index in [1.165, 1.54) is 13.0 Å². The highest BCUT2D eigenvalue weighted by Crippen LogP contribution is 2.30. The molecule has 2 rings (SSSR count). The average Bonchev–Trinajstić information content (AvgIpc) is 2.38. The first-order valence-electron chi connectivity index (χ1n) is 5.99. The molecule has 20 heavy (non-hydrogen) atoms. The first-order chi connectivity index (χ1) is 9.38. The highest BCUT2D eigenvalue weighted by molar-refractivity contribution is 5.98. The Hall–Kier alpha value is -2.17. The topological polar surface area (TPSA) is 30.0 Å². The van der Waals surface area contributed by atoms with Gasteiger partial charge in [0.05, 0.1) is 12.0 Å². The Kier molecular flexibility index (Phi) is 3.88. The third-order valence-electron chi connectivity index (χ3n) is 2.92. The van der Waals surface area contributed by atoms with Crippen LogP contribution in [0.25, 0.3) is 0 Å². The quantitative estimate of drug-likeness (QED) is 0.799. The van der Waals surface area contributed by atoms with Gasteiger partial charge in [-0.3, -0.25) is 9.78 Å². The Morgan fingerprint density at radius 3 is 2.50 bits per heavy atom. The molecule has 1 heterocycles. The van der Waals surface area contributed by atoms with Crippen molar-refractivity contribution in [3.63, 3.8) is 0 Å². The third-order valence-corrected chi connectivity index (χ3v) is 2.92. The summed E-state index contributed by atoms with van der Waals surface area (Å²) in [6.07, 6.45) is -2.75. The number of ketones is 1. The molecule has 104 valence electrons. The summed E-state index contributed by atoms with van der Waals surface area (Å²) in [6.45, 7) is 1.50. The number of alkyl halides is 3. The smallest absolute Gasteiger partial charge is 0.294 e. The first-order valence-corrected chi connectivity index (χ1v) is 5.99. The summed E-state index contributed by atoms with van der Waals surface area (Å²) in [6, 6.07) is 8.34. The Morgan fingerprint density at radius 2 is 1.95 bits per heavy atom. The molecule has 0 atom stereocenters.